The van der Waals surface area contributed by atoms with Crippen LogP contribution in [0.5, 0.6) is 0 Å². The number of ketones is 1. The van der Waals surface area contributed by atoms with Crippen LogP contribution < -0.4 is 4.90 Å². The third-order valence-corrected chi connectivity index (χ3v) is 7.83. The fraction of sp³-hybridized carbons (Fsp3) is 0.208. The minimum atomic E-state index is -0.953. The van der Waals surface area contributed by atoms with E-state index in [9.17, 15) is 34.6 Å². The lowest BCUT2D eigenvalue weighted by Crippen LogP contribution is -2.62. The van der Waals surface area contributed by atoms with Gasteiger partial charge in [-0.1, -0.05) is 29.8 Å². The molecular weight excluding hydrogens is 506 g/mol. The summed E-state index contributed by atoms with van der Waals surface area (Å²) in [4.78, 5) is 65.9. The molecule has 0 N–H and O–H groups in total. The summed E-state index contributed by atoms with van der Waals surface area (Å²) < 4.78 is -0.445. The van der Waals surface area contributed by atoms with Crippen molar-refractivity contribution in [3.8, 4) is 0 Å². The Hall–Kier alpha value is -4.26. The normalized spacial score (nSPS) is 26.1. The molecule has 186 valence electrons. The first-order valence-corrected chi connectivity index (χ1v) is 11.7. The van der Waals surface area contributed by atoms with Gasteiger partial charge >= 0.3 is 6.03 Å². The first-order chi connectivity index (χ1) is 17.6. The summed E-state index contributed by atoms with van der Waals surface area (Å²) in [5.41, 5.74) is -0.341. The highest BCUT2D eigenvalue weighted by Crippen LogP contribution is 2.46. The van der Waals surface area contributed by atoms with Crippen molar-refractivity contribution in [3.05, 3.63) is 85.4 Å². The van der Waals surface area contributed by atoms with E-state index in [1.165, 1.54) is 24.3 Å². The monoisotopic (exact) mass is 522 g/mol. The minimum Gasteiger partial charge on any atom is -0.287 e. The third-order valence-electron chi connectivity index (χ3n) is 7.51. The predicted octanol–water partition coefficient (Wildman–Crippen LogP) is 3.50. The van der Waals surface area contributed by atoms with Crippen LogP contribution >= 0.6 is 11.6 Å². The summed E-state index contributed by atoms with van der Waals surface area (Å²) >= 11 is 5.90. The van der Waals surface area contributed by atoms with Gasteiger partial charge in [0.2, 0.25) is 5.78 Å². The van der Waals surface area contributed by atoms with Gasteiger partial charge in [0.1, 0.15) is 11.7 Å². The van der Waals surface area contributed by atoms with Gasteiger partial charge in [0, 0.05) is 23.1 Å². The van der Waals surface area contributed by atoms with Crippen molar-refractivity contribution >= 4 is 57.2 Å². The van der Waals surface area contributed by atoms with E-state index in [0.29, 0.717) is 5.39 Å². The van der Waals surface area contributed by atoms with Gasteiger partial charge in [-0.3, -0.25) is 29.8 Å². The number of imide groups is 1. The van der Waals surface area contributed by atoms with Crippen molar-refractivity contribution in [1.29, 1.82) is 0 Å². The van der Waals surface area contributed by atoms with Crippen LogP contribution in [0, 0.1) is 20.2 Å². The predicted molar refractivity (Wildman–Crippen MR) is 130 cm³/mol. The fourth-order valence-electron chi connectivity index (χ4n) is 5.88. The molecule has 1 spiro atoms. The van der Waals surface area contributed by atoms with Crippen molar-refractivity contribution in [1.82, 2.24) is 4.90 Å². The highest BCUT2D eigenvalue weighted by atomic mass is 35.5. The van der Waals surface area contributed by atoms with Gasteiger partial charge in [-0.25, -0.2) is 14.2 Å². The van der Waals surface area contributed by atoms with Crippen molar-refractivity contribution in [3.63, 3.8) is 0 Å². The smallest absolute Gasteiger partial charge is 0.287 e. The molecule has 2 bridgehead atoms. The van der Waals surface area contributed by atoms with Gasteiger partial charge in [-0.05, 0) is 24.3 Å². The van der Waals surface area contributed by atoms with Crippen LogP contribution in [0.3, 0.4) is 0 Å². The number of amides is 3. The number of hydrogen-bond donors (Lipinski definition) is 0. The number of quaternary nitrogens is 1. The molecule has 3 amide bonds. The molecule has 4 unspecified atom stereocenters. The zero-order valence-electron chi connectivity index (χ0n) is 18.9. The van der Waals surface area contributed by atoms with Crippen LogP contribution in [0.1, 0.15) is 10.4 Å². The molecule has 3 aliphatic heterocycles. The number of piperazine rings is 1. The van der Waals surface area contributed by atoms with Crippen LogP contribution in [-0.4, -0.2) is 68.8 Å². The Morgan fingerprint density at radius 1 is 0.946 bits per heavy atom. The maximum absolute atomic E-state index is 14.1. The lowest BCUT2D eigenvalue weighted by Gasteiger charge is -2.32. The van der Waals surface area contributed by atoms with Gasteiger partial charge in [-0.15, -0.1) is 0 Å². The standard InChI is InChI=1S/C24H17ClN5O7/c25-16-6-5-13(9-19(16)29(36)37)22(31)20-10-26-11-21-23(32)27(24(33)30(20,21)12-26)17-7-8-18(28(34)35)15-4-2-1-3-14(15)17/h1-9,20-21H,10-12H2/q+1. The van der Waals surface area contributed by atoms with Gasteiger partial charge in [0.15, 0.2) is 12.1 Å². The molecule has 4 atom stereocenters. The summed E-state index contributed by atoms with van der Waals surface area (Å²) in [6, 6.07) is 10.4. The van der Waals surface area contributed by atoms with E-state index in [4.69, 9.17) is 11.6 Å². The number of nitro benzene ring substituents is 2. The zero-order chi connectivity index (χ0) is 26.2. The van der Waals surface area contributed by atoms with Crippen molar-refractivity contribution in [2.75, 3.05) is 24.7 Å². The summed E-state index contributed by atoms with van der Waals surface area (Å²) in [7, 11) is 0. The number of non-ortho nitro benzene ring substituents is 1. The minimum absolute atomic E-state index is 0.0283. The summed E-state index contributed by atoms with van der Waals surface area (Å²) in [6.45, 7) is 0.624. The van der Waals surface area contributed by atoms with Crippen molar-refractivity contribution < 1.29 is 28.7 Å². The Balaban J connectivity index is 1.44. The summed E-state index contributed by atoms with van der Waals surface area (Å²) in [5, 5.41) is 23.4. The van der Waals surface area contributed by atoms with Gasteiger partial charge in [0.05, 0.1) is 34.0 Å². The van der Waals surface area contributed by atoms with E-state index in [0.717, 1.165) is 11.0 Å². The number of nitro groups is 2. The molecule has 3 aliphatic rings. The van der Waals surface area contributed by atoms with E-state index in [1.807, 2.05) is 4.90 Å². The Morgan fingerprint density at radius 2 is 1.65 bits per heavy atom. The van der Waals surface area contributed by atoms with E-state index < -0.39 is 49.8 Å². The molecule has 3 aromatic rings. The van der Waals surface area contributed by atoms with Crippen LogP contribution in [0.15, 0.2) is 54.6 Å². The molecule has 3 heterocycles. The number of Topliss-reactive ketones (excluding diaryl/α,β-unsaturated/α-hetero) is 1. The second-order valence-electron chi connectivity index (χ2n) is 9.29. The Bertz CT molecular complexity index is 1590. The number of halogens is 1. The molecule has 0 radical (unpaired) electrons. The number of carbonyl (C=O) groups excluding carboxylic acids is 3. The second-order valence-corrected chi connectivity index (χ2v) is 9.70. The number of hydrogen-bond acceptors (Lipinski definition) is 8. The lowest BCUT2D eigenvalue weighted by atomic mass is 9.98. The average molecular weight is 523 g/mol. The lowest BCUT2D eigenvalue weighted by molar-refractivity contribution is -0.852. The molecule has 0 aliphatic carbocycles. The topological polar surface area (TPSA) is 144 Å². The number of anilines is 1. The molecule has 3 saturated heterocycles. The van der Waals surface area contributed by atoms with Crippen LogP contribution in [0.25, 0.3) is 10.8 Å². The molecule has 37 heavy (non-hydrogen) atoms. The molecule has 0 saturated carbocycles. The number of benzene rings is 3. The first kappa shape index (κ1) is 23.2. The largest absolute Gasteiger partial charge is 0.433 e. The van der Waals surface area contributed by atoms with E-state index >= 15 is 0 Å². The van der Waals surface area contributed by atoms with Gasteiger partial charge in [0.25, 0.3) is 17.3 Å². The zero-order valence-corrected chi connectivity index (χ0v) is 19.7. The van der Waals surface area contributed by atoms with E-state index in [1.54, 1.807) is 24.3 Å². The Kier molecular flexibility index (Phi) is 4.92. The molecule has 13 heteroatoms. The van der Waals surface area contributed by atoms with Crippen LogP contribution in [-0.2, 0) is 4.79 Å². The molecular formula is C24H17ClN5O7+. The van der Waals surface area contributed by atoms with Gasteiger partial charge in [-0.2, -0.15) is 4.90 Å². The van der Waals surface area contributed by atoms with Crippen LogP contribution in [0.2, 0.25) is 5.02 Å². The second kappa shape index (κ2) is 7.87. The summed E-state index contributed by atoms with van der Waals surface area (Å²) in [5.74, 6) is -0.991. The summed E-state index contributed by atoms with van der Waals surface area (Å²) in [6.07, 6.45) is 0. The number of fused-ring (bicyclic) bond motifs is 2. The number of carbonyl (C=O) groups is 3. The maximum atomic E-state index is 14.1. The number of urea groups is 1. The van der Waals surface area contributed by atoms with Crippen molar-refractivity contribution in [2.45, 2.75) is 12.1 Å². The van der Waals surface area contributed by atoms with Gasteiger partial charge < -0.3 is 0 Å². The SMILES string of the molecule is O=C(c1ccc(Cl)c([N+](=O)[O-])c1)C1CN2CC3C(=O)N(c4ccc([N+](=O)[O-])c5ccccc45)C(=O)[N+]13C2. The third kappa shape index (κ3) is 3.06. The first-order valence-electron chi connectivity index (χ1n) is 11.3. The molecule has 0 aromatic heterocycles. The quantitative estimate of drug-likeness (QED) is 0.163. The Morgan fingerprint density at radius 3 is 2.35 bits per heavy atom. The molecule has 3 aromatic carbocycles. The van der Waals surface area contributed by atoms with Crippen molar-refractivity contribution in [2.24, 2.45) is 0 Å². The average Bonchev–Trinajstić information content (AvgIpc) is 3.51. The maximum Gasteiger partial charge on any atom is 0.433 e. The molecule has 6 rings (SSSR count). The highest BCUT2D eigenvalue weighted by molar-refractivity contribution is 6.32. The van der Waals surface area contributed by atoms with E-state index in [-0.39, 0.29) is 47.1 Å². The highest BCUT2D eigenvalue weighted by Gasteiger charge is 2.73. The Labute approximate surface area is 213 Å². The van der Waals surface area contributed by atoms with E-state index in [2.05, 4.69) is 0 Å². The number of rotatable bonds is 5. The molecule has 3 fully saturated rings. The molecule has 12 nitrogen and oxygen atoms in total. The number of nitrogens with zero attached hydrogens (tertiary/aromatic N) is 5. The fourth-order valence-corrected chi connectivity index (χ4v) is 6.07. The van der Waals surface area contributed by atoms with Crippen LogP contribution in [0.4, 0.5) is 21.9 Å².